The third-order valence-corrected chi connectivity index (χ3v) is 6.27. The van der Waals surface area contributed by atoms with Crippen molar-refractivity contribution in [3.05, 3.63) is 30.1 Å². The van der Waals surface area contributed by atoms with E-state index >= 15 is 0 Å². The monoisotopic (exact) mass is 328 g/mol. The maximum Gasteiger partial charge on any atom is 0.229 e. The van der Waals surface area contributed by atoms with Crippen LogP contribution in [0.4, 0.5) is 0 Å². The number of carbonyl (C=O) groups is 1. The Balaban J connectivity index is 1.36. The molecule has 24 heavy (non-hydrogen) atoms. The Hall–Kier alpha value is -1.46. The van der Waals surface area contributed by atoms with Crippen LogP contribution in [0.1, 0.15) is 31.2 Å². The Morgan fingerprint density at radius 3 is 3.08 bits per heavy atom. The van der Waals surface area contributed by atoms with Crippen LogP contribution in [-0.2, 0) is 11.2 Å². The van der Waals surface area contributed by atoms with Crippen molar-refractivity contribution in [2.75, 3.05) is 32.7 Å². The van der Waals surface area contributed by atoms with Gasteiger partial charge in [-0.1, -0.05) is 18.9 Å². The average molecular weight is 328 g/mol. The number of rotatable bonds is 5. The zero-order valence-electron chi connectivity index (χ0n) is 14.3. The third kappa shape index (κ3) is 2.95. The lowest BCUT2D eigenvalue weighted by atomic mass is 9.80. The molecule has 2 aliphatic heterocycles. The van der Waals surface area contributed by atoms with Crippen LogP contribution in [0.2, 0.25) is 0 Å². The molecule has 1 aromatic heterocycles. The van der Waals surface area contributed by atoms with Gasteiger partial charge in [-0.2, -0.15) is 0 Å². The first-order chi connectivity index (χ1) is 11.8. The summed E-state index contributed by atoms with van der Waals surface area (Å²) in [5, 5.41) is 6.68. The van der Waals surface area contributed by atoms with Crippen LogP contribution in [0.25, 0.3) is 0 Å². The smallest absolute Gasteiger partial charge is 0.229 e. The van der Waals surface area contributed by atoms with Crippen LogP contribution < -0.4 is 10.6 Å². The van der Waals surface area contributed by atoms with E-state index in [0.29, 0.717) is 12.5 Å². The Labute approximate surface area is 144 Å². The number of amides is 1. The van der Waals surface area contributed by atoms with Crippen LogP contribution in [-0.4, -0.2) is 54.6 Å². The molecule has 1 saturated carbocycles. The Morgan fingerprint density at radius 1 is 1.42 bits per heavy atom. The molecule has 2 atom stereocenters. The molecule has 0 aromatic carbocycles. The fourth-order valence-corrected chi connectivity index (χ4v) is 4.87. The van der Waals surface area contributed by atoms with E-state index < -0.39 is 0 Å². The van der Waals surface area contributed by atoms with Crippen molar-refractivity contribution in [1.29, 1.82) is 0 Å². The molecule has 0 unspecified atom stereocenters. The van der Waals surface area contributed by atoms with Crippen LogP contribution in [0.3, 0.4) is 0 Å². The molecule has 0 bridgehead atoms. The number of carbonyl (C=O) groups excluding carboxylic acids is 1. The molecule has 2 saturated heterocycles. The van der Waals surface area contributed by atoms with Crippen LogP contribution >= 0.6 is 0 Å². The lowest BCUT2D eigenvalue weighted by molar-refractivity contribution is -0.130. The molecule has 3 fully saturated rings. The highest BCUT2D eigenvalue weighted by atomic mass is 16.2. The van der Waals surface area contributed by atoms with Gasteiger partial charge in [-0.25, -0.2) is 0 Å². The number of aromatic nitrogens is 1. The van der Waals surface area contributed by atoms with Crippen molar-refractivity contribution in [2.45, 2.75) is 38.1 Å². The Bertz CT molecular complexity index is 572. The van der Waals surface area contributed by atoms with E-state index in [-0.39, 0.29) is 11.3 Å². The second kappa shape index (κ2) is 6.81. The van der Waals surface area contributed by atoms with Crippen molar-refractivity contribution >= 4 is 5.91 Å². The van der Waals surface area contributed by atoms with Gasteiger partial charge in [0.2, 0.25) is 5.91 Å². The summed E-state index contributed by atoms with van der Waals surface area (Å²) in [6, 6.07) is 4.73. The highest BCUT2D eigenvalue weighted by Gasteiger charge is 2.55. The Morgan fingerprint density at radius 2 is 2.29 bits per heavy atom. The van der Waals surface area contributed by atoms with Gasteiger partial charge >= 0.3 is 0 Å². The molecule has 2 N–H and O–H groups in total. The molecular weight excluding hydrogens is 300 g/mol. The lowest BCUT2D eigenvalue weighted by Crippen LogP contribution is -2.48. The molecule has 1 aliphatic carbocycles. The molecule has 130 valence electrons. The largest absolute Gasteiger partial charge is 0.355 e. The first kappa shape index (κ1) is 16.0. The maximum atomic E-state index is 13.0. The zero-order valence-corrected chi connectivity index (χ0v) is 14.3. The van der Waals surface area contributed by atoms with Crippen molar-refractivity contribution in [2.24, 2.45) is 11.3 Å². The molecule has 4 rings (SSSR count). The topological polar surface area (TPSA) is 57.3 Å². The van der Waals surface area contributed by atoms with E-state index in [1.165, 1.54) is 31.2 Å². The minimum atomic E-state index is -0.211. The normalized spacial score (nSPS) is 30.6. The first-order valence-electron chi connectivity index (χ1n) is 9.40. The molecule has 0 radical (unpaired) electrons. The minimum absolute atomic E-state index is 0.211. The van der Waals surface area contributed by atoms with Gasteiger partial charge < -0.3 is 10.6 Å². The molecule has 3 heterocycles. The molecule has 1 aromatic rings. The number of nitrogens with one attached hydrogen (secondary N) is 2. The lowest BCUT2D eigenvalue weighted by Gasteiger charge is -2.29. The van der Waals surface area contributed by atoms with Gasteiger partial charge in [0.05, 0.1) is 5.41 Å². The summed E-state index contributed by atoms with van der Waals surface area (Å²) in [5.41, 5.74) is 0.966. The number of hydrogen-bond acceptors (Lipinski definition) is 4. The zero-order chi connectivity index (χ0) is 16.4. The predicted molar refractivity (Wildman–Crippen MR) is 93.6 cm³/mol. The summed E-state index contributed by atoms with van der Waals surface area (Å²) < 4.78 is 0. The van der Waals surface area contributed by atoms with Crippen LogP contribution in [0.15, 0.2) is 24.5 Å². The fourth-order valence-electron chi connectivity index (χ4n) is 4.87. The summed E-state index contributed by atoms with van der Waals surface area (Å²) in [6.45, 7) is 4.54. The van der Waals surface area contributed by atoms with Crippen molar-refractivity contribution in [3.63, 3.8) is 0 Å². The van der Waals surface area contributed by atoms with E-state index in [2.05, 4.69) is 26.6 Å². The van der Waals surface area contributed by atoms with Gasteiger partial charge in [0, 0.05) is 57.1 Å². The second-order valence-corrected chi connectivity index (χ2v) is 7.72. The highest BCUT2D eigenvalue weighted by Crippen LogP contribution is 2.42. The van der Waals surface area contributed by atoms with Gasteiger partial charge in [-0.3, -0.25) is 14.7 Å². The van der Waals surface area contributed by atoms with Crippen LogP contribution in [0, 0.1) is 11.3 Å². The molecular formula is C19H28N4O. The number of likely N-dealkylation sites (tertiary alicyclic amines) is 1. The van der Waals surface area contributed by atoms with Gasteiger partial charge in [0.1, 0.15) is 0 Å². The number of hydrogen-bond donors (Lipinski definition) is 2. The van der Waals surface area contributed by atoms with Gasteiger partial charge in [-0.15, -0.1) is 0 Å². The third-order valence-electron chi connectivity index (χ3n) is 6.27. The fraction of sp³-hybridized carbons (Fsp3) is 0.684. The first-order valence-corrected chi connectivity index (χ1v) is 9.40. The van der Waals surface area contributed by atoms with Crippen LogP contribution in [0.5, 0.6) is 0 Å². The molecule has 3 aliphatic rings. The SMILES string of the molecule is O=C(NCCc1cccnc1)[C@@]12CNC[C@@H]1CN(C1CCCC1)C2. The van der Waals surface area contributed by atoms with Crippen molar-refractivity contribution < 1.29 is 4.79 Å². The van der Waals surface area contributed by atoms with Crippen molar-refractivity contribution in [1.82, 2.24) is 20.5 Å². The number of fused-ring (bicyclic) bond motifs is 1. The number of nitrogens with zero attached hydrogens (tertiary/aromatic N) is 2. The summed E-state index contributed by atoms with van der Waals surface area (Å²) in [5.74, 6) is 0.721. The van der Waals surface area contributed by atoms with E-state index in [4.69, 9.17) is 0 Å². The van der Waals surface area contributed by atoms with E-state index in [1.54, 1.807) is 6.20 Å². The summed E-state index contributed by atoms with van der Waals surface area (Å²) in [7, 11) is 0. The van der Waals surface area contributed by atoms with E-state index in [9.17, 15) is 4.79 Å². The molecule has 0 spiro atoms. The van der Waals surface area contributed by atoms with Gasteiger partial charge in [-0.05, 0) is 30.9 Å². The molecule has 5 heteroatoms. The quantitative estimate of drug-likeness (QED) is 0.853. The molecule has 5 nitrogen and oxygen atoms in total. The number of pyridine rings is 1. The summed E-state index contributed by atoms with van der Waals surface area (Å²) >= 11 is 0. The Kier molecular flexibility index (Phi) is 4.55. The predicted octanol–water partition coefficient (Wildman–Crippen LogP) is 1.20. The minimum Gasteiger partial charge on any atom is -0.355 e. The van der Waals surface area contributed by atoms with E-state index in [1.807, 2.05) is 12.3 Å². The standard InChI is InChI=1S/C19H28N4O/c24-18(22-9-7-15-4-3-8-20-10-15)19-13-21-11-16(19)12-23(14-19)17-5-1-2-6-17/h3-4,8,10,16-17,21H,1-2,5-7,9,11-14H2,(H,22,24)/t16-,19-/m1/s1. The second-order valence-electron chi connectivity index (χ2n) is 7.72. The average Bonchev–Trinajstić information content (AvgIpc) is 3.31. The summed E-state index contributed by atoms with van der Waals surface area (Å²) in [4.78, 5) is 19.8. The van der Waals surface area contributed by atoms with Gasteiger partial charge in [0.15, 0.2) is 0 Å². The highest BCUT2D eigenvalue weighted by molar-refractivity contribution is 5.84. The van der Waals surface area contributed by atoms with Crippen molar-refractivity contribution in [3.8, 4) is 0 Å². The van der Waals surface area contributed by atoms with Gasteiger partial charge in [0.25, 0.3) is 0 Å². The summed E-state index contributed by atoms with van der Waals surface area (Å²) in [6.07, 6.45) is 9.86. The molecule has 1 amide bonds. The van der Waals surface area contributed by atoms with E-state index in [0.717, 1.165) is 38.6 Å². The maximum absolute atomic E-state index is 13.0.